The van der Waals surface area contributed by atoms with Gasteiger partial charge in [0.1, 0.15) is 0 Å². The zero-order valence-electron chi connectivity index (χ0n) is 9.24. The van der Waals surface area contributed by atoms with Gasteiger partial charge in [-0.15, -0.1) is 0 Å². The van der Waals surface area contributed by atoms with Crippen LogP contribution in [0.4, 0.5) is 0 Å². The Labute approximate surface area is 104 Å². The molecule has 1 aliphatic rings. The maximum atomic E-state index is 12.1. The van der Waals surface area contributed by atoms with Crippen molar-refractivity contribution in [3.63, 3.8) is 0 Å². The number of sulfonamides is 1. The Morgan fingerprint density at radius 3 is 2.71 bits per heavy atom. The smallest absolute Gasteiger partial charge is 0.308 e. The predicted octanol–water partition coefficient (Wildman–Crippen LogP) is 1.09. The van der Waals surface area contributed by atoms with Gasteiger partial charge in [0.15, 0.2) is 0 Å². The number of hydrogen-bond acceptors (Lipinski definition) is 4. The first-order valence-corrected chi connectivity index (χ1v) is 7.56. The fourth-order valence-corrected chi connectivity index (χ4v) is 4.57. The van der Waals surface area contributed by atoms with Gasteiger partial charge in [-0.25, -0.2) is 8.42 Å². The lowest BCUT2D eigenvalue weighted by Gasteiger charge is -2.14. The maximum absolute atomic E-state index is 12.1. The number of aliphatic carboxylic acids is 1. The van der Waals surface area contributed by atoms with Gasteiger partial charge in [-0.2, -0.15) is 15.6 Å². The van der Waals surface area contributed by atoms with Crippen LogP contribution in [0.5, 0.6) is 0 Å². The summed E-state index contributed by atoms with van der Waals surface area (Å²) in [6.07, 6.45) is 0. The van der Waals surface area contributed by atoms with Gasteiger partial charge in [0.05, 0.1) is 10.8 Å². The van der Waals surface area contributed by atoms with E-state index in [0.717, 1.165) is 0 Å². The predicted molar refractivity (Wildman–Crippen MR) is 63.4 cm³/mol. The minimum Gasteiger partial charge on any atom is -0.481 e. The summed E-state index contributed by atoms with van der Waals surface area (Å²) >= 11 is 1.31. The van der Waals surface area contributed by atoms with Gasteiger partial charge in [0, 0.05) is 18.5 Å². The molecule has 2 heterocycles. The number of rotatable bonds is 3. The summed E-state index contributed by atoms with van der Waals surface area (Å²) in [6.45, 7) is 2.10. The standard InChI is InChI=1S/C10H13NO4S2/c1-7-4-11(5-9(7)10(12)13)17(14,15)8-2-3-16-6-8/h2-3,6-7,9H,4-5H2,1H3,(H,12,13)/t7-,9-/m1/s1. The Balaban J connectivity index is 2.24. The molecule has 0 bridgehead atoms. The molecule has 5 nitrogen and oxygen atoms in total. The minimum atomic E-state index is -3.51. The van der Waals surface area contributed by atoms with E-state index in [4.69, 9.17) is 5.11 Å². The number of carbonyl (C=O) groups is 1. The first kappa shape index (κ1) is 12.5. The van der Waals surface area contributed by atoms with Crippen molar-refractivity contribution in [3.8, 4) is 0 Å². The normalized spacial score (nSPS) is 26.2. The Morgan fingerprint density at radius 1 is 1.53 bits per heavy atom. The number of carboxylic acids is 1. The SMILES string of the molecule is C[C@@H]1CN(S(=O)(=O)c2ccsc2)C[C@H]1C(=O)O. The van der Waals surface area contributed by atoms with Crippen LogP contribution in [0.15, 0.2) is 21.7 Å². The first-order valence-electron chi connectivity index (χ1n) is 5.18. The zero-order valence-corrected chi connectivity index (χ0v) is 10.9. The summed E-state index contributed by atoms with van der Waals surface area (Å²) in [5.74, 6) is -1.69. The van der Waals surface area contributed by atoms with Gasteiger partial charge in [-0.3, -0.25) is 4.79 Å². The van der Waals surface area contributed by atoms with Gasteiger partial charge in [-0.05, 0) is 17.4 Å². The minimum absolute atomic E-state index is 0.0642. The lowest BCUT2D eigenvalue weighted by molar-refractivity contribution is -0.142. The Morgan fingerprint density at radius 2 is 2.24 bits per heavy atom. The van der Waals surface area contributed by atoms with Crippen LogP contribution in [-0.2, 0) is 14.8 Å². The highest BCUT2D eigenvalue weighted by Gasteiger charge is 2.40. The molecule has 0 aromatic carbocycles. The van der Waals surface area contributed by atoms with Gasteiger partial charge in [-0.1, -0.05) is 6.92 Å². The van der Waals surface area contributed by atoms with E-state index in [1.54, 1.807) is 23.8 Å². The fourth-order valence-electron chi connectivity index (χ4n) is 1.99. The summed E-state index contributed by atoms with van der Waals surface area (Å²) in [5, 5.41) is 12.2. The van der Waals surface area contributed by atoms with Gasteiger partial charge < -0.3 is 5.11 Å². The fraction of sp³-hybridized carbons (Fsp3) is 0.500. The second-order valence-electron chi connectivity index (χ2n) is 4.20. The Bertz CT molecular complexity index is 508. The Hall–Kier alpha value is -0.920. The molecule has 0 saturated carbocycles. The van der Waals surface area contributed by atoms with Crippen LogP contribution < -0.4 is 0 Å². The lowest BCUT2D eigenvalue weighted by atomic mass is 9.99. The van der Waals surface area contributed by atoms with Crippen LogP contribution >= 0.6 is 11.3 Å². The van der Waals surface area contributed by atoms with Gasteiger partial charge in [0.2, 0.25) is 10.0 Å². The molecule has 1 aromatic heterocycles. The van der Waals surface area contributed by atoms with Crippen molar-refractivity contribution in [2.45, 2.75) is 11.8 Å². The number of thiophene rings is 1. The number of hydrogen-bond donors (Lipinski definition) is 1. The van der Waals surface area contributed by atoms with Crippen molar-refractivity contribution >= 4 is 27.3 Å². The van der Waals surface area contributed by atoms with Crippen molar-refractivity contribution in [1.29, 1.82) is 0 Å². The van der Waals surface area contributed by atoms with Gasteiger partial charge in [0.25, 0.3) is 0 Å². The van der Waals surface area contributed by atoms with Crippen molar-refractivity contribution in [1.82, 2.24) is 4.31 Å². The van der Waals surface area contributed by atoms with Crippen molar-refractivity contribution in [2.24, 2.45) is 11.8 Å². The molecular formula is C10H13NO4S2. The van der Waals surface area contributed by atoms with Crippen LogP contribution in [0.2, 0.25) is 0 Å². The first-order chi connectivity index (χ1) is 7.93. The molecule has 94 valence electrons. The molecule has 2 rings (SSSR count). The Kier molecular flexibility index (Phi) is 3.24. The molecular weight excluding hydrogens is 262 g/mol. The molecule has 7 heteroatoms. The molecule has 1 aliphatic heterocycles. The van der Waals surface area contributed by atoms with E-state index in [0.29, 0.717) is 0 Å². The molecule has 1 saturated heterocycles. The molecule has 1 aromatic rings. The van der Waals surface area contributed by atoms with Crippen LogP contribution in [0.3, 0.4) is 0 Å². The van der Waals surface area contributed by atoms with Crippen molar-refractivity contribution in [2.75, 3.05) is 13.1 Å². The summed E-state index contributed by atoms with van der Waals surface area (Å²) < 4.78 is 25.6. The maximum Gasteiger partial charge on any atom is 0.308 e. The average Bonchev–Trinajstić information content (AvgIpc) is 2.84. The van der Waals surface area contributed by atoms with Gasteiger partial charge >= 0.3 is 5.97 Å². The third-order valence-electron chi connectivity index (χ3n) is 3.03. The molecule has 0 aliphatic carbocycles. The molecule has 2 atom stereocenters. The van der Waals surface area contributed by atoms with Crippen LogP contribution in [0.1, 0.15) is 6.92 Å². The van der Waals surface area contributed by atoms with E-state index in [2.05, 4.69) is 0 Å². The highest BCUT2D eigenvalue weighted by molar-refractivity contribution is 7.89. The number of nitrogens with zero attached hydrogens (tertiary/aromatic N) is 1. The van der Waals surface area contributed by atoms with Crippen LogP contribution in [0, 0.1) is 11.8 Å². The highest BCUT2D eigenvalue weighted by Crippen LogP contribution is 2.29. The quantitative estimate of drug-likeness (QED) is 0.896. The van der Waals surface area contributed by atoms with E-state index in [1.807, 2.05) is 0 Å². The van der Waals surface area contributed by atoms with E-state index >= 15 is 0 Å². The van der Waals surface area contributed by atoms with E-state index < -0.39 is 21.9 Å². The molecule has 1 N–H and O–H groups in total. The van der Waals surface area contributed by atoms with Crippen molar-refractivity contribution in [3.05, 3.63) is 16.8 Å². The molecule has 0 unspecified atom stereocenters. The highest BCUT2D eigenvalue weighted by atomic mass is 32.2. The molecule has 0 spiro atoms. The van der Waals surface area contributed by atoms with Crippen LogP contribution in [0.25, 0.3) is 0 Å². The lowest BCUT2D eigenvalue weighted by Crippen LogP contribution is -2.29. The average molecular weight is 275 g/mol. The second kappa shape index (κ2) is 4.40. The summed E-state index contributed by atoms with van der Waals surface area (Å²) in [6, 6.07) is 1.54. The van der Waals surface area contributed by atoms with Crippen LogP contribution in [-0.4, -0.2) is 36.9 Å². The van der Waals surface area contributed by atoms with Crippen molar-refractivity contribution < 1.29 is 18.3 Å². The van der Waals surface area contributed by atoms with E-state index in [9.17, 15) is 13.2 Å². The molecule has 0 amide bonds. The topological polar surface area (TPSA) is 74.7 Å². The van der Waals surface area contributed by atoms with E-state index in [-0.39, 0.29) is 23.9 Å². The summed E-state index contributed by atoms with van der Waals surface area (Å²) in [4.78, 5) is 11.2. The summed E-state index contributed by atoms with van der Waals surface area (Å²) in [7, 11) is -3.51. The number of carboxylic acid groups (broad SMARTS) is 1. The largest absolute Gasteiger partial charge is 0.481 e. The second-order valence-corrected chi connectivity index (χ2v) is 6.92. The molecule has 0 radical (unpaired) electrons. The van der Waals surface area contributed by atoms with E-state index in [1.165, 1.54) is 15.6 Å². The summed E-state index contributed by atoms with van der Waals surface area (Å²) in [5.41, 5.74) is 0. The third kappa shape index (κ3) is 2.22. The third-order valence-corrected chi connectivity index (χ3v) is 5.69. The monoisotopic (exact) mass is 275 g/mol. The molecule has 17 heavy (non-hydrogen) atoms. The molecule has 1 fully saturated rings. The zero-order chi connectivity index (χ0) is 12.6.